The molecule has 5 heteroatoms. The van der Waals surface area contributed by atoms with Crippen molar-refractivity contribution in [1.82, 2.24) is 4.90 Å². The molecule has 0 radical (unpaired) electrons. The smallest absolute Gasteiger partial charge is 0.323 e. The second-order valence-corrected chi connectivity index (χ2v) is 5.67. The van der Waals surface area contributed by atoms with Gasteiger partial charge in [0.05, 0.1) is 6.10 Å². The topological polar surface area (TPSA) is 66.8 Å². The Morgan fingerprint density at radius 2 is 1.90 bits per heavy atom. The standard InChI is InChI=1S/C16H23NO4/c1-11(2)9-17(10-15(18)19)16(20)13-6-5-7-14(8-13)21-12(3)4/h5-8,11-12H,9-10H2,1-4H3,(H,18,19). The largest absolute Gasteiger partial charge is 0.491 e. The zero-order valence-electron chi connectivity index (χ0n) is 13.0. The van der Waals surface area contributed by atoms with E-state index in [1.54, 1.807) is 24.3 Å². The Kier molecular flexibility index (Phi) is 6.21. The van der Waals surface area contributed by atoms with E-state index in [9.17, 15) is 9.59 Å². The average Bonchev–Trinajstić information content (AvgIpc) is 2.35. The summed E-state index contributed by atoms with van der Waals surface area (Å²) >= 11 is 0. The number of carbonyl (C=O) groups excluding carboxylic acids is 1. The molecule has 1 N–H and O–H groups in total. The first-order chi connectivity index (χ1) is 9.79. The van der Waals surface area contributed by atoms with Crippen LogP contribution in [0, 0.1) is 5.92 Å². The summed E-state index contributed by atoms with van der Waals surface area (Å²) in [6, 6.07) is 6.84. The first-order valence-corrected chi connectivity index (χ1v) is 7.07. The molecule has 5 nitrogen and oxygen atoms in total. The Morgan fingerprint density at radius 3 is 2.43 bits per heavy atom. The minimum Gasteiger partial charge on any atom is -0.491 e. The Hall–Kier alpha value is -2.04. The van der Waals surface area contributed by atoms with Gasteiger partial charge in [-0.2, -0.15) is 0 Å². The molecular formula is C16H23NO4. The van der Waals surface area contributed by atoms with Crippen molar-refractivity contribution < 1.29 is 19.4 Å². The van der Waals surface area contributed by atoms with Gasteiger partial charge in [-0.3, -0.25) is 9.59 Å². The quantitative estimate of drug-likeness (QED) is 0.839. The molecule has 116 valence electrons. The number of aliphatic carboxylic acids is 1. The van der Waals surface area contributed by atoms with Crippen LogP contribution in [0.25, 0.3) is 0 Å². The van der Waals surface area contributed by atoms with Gasteiger partial charge in [0, 0.05) is 12.1 Å². The van der Waals surface area contributed by atoms with Crippen molar-refractivity contribution in [1.29, 1.82) is 0 Å². The average molecular weight is 293 g/mol. The highest BCUT2D eigenvalue weighted by molar-refractivity contribution is 5.96. The van der Waals surface area contributed by atoms with E-state index in [0.717, 1.165) is 0 Å². The molecule has 0 aliphatic heterocycles. The van der Waals surface area contributed by atoms with Crippen molar-refractivity contribution in [2.24, 2.45) is 5.92 Å². The van der Waals surface area contributed by atoms with Gasteiger partial charge in [0.2, 0.25) is 0 Å². The lowest BCUT2D eigenvalue weighted by Crippen LogP contribution is -2.38. The highest BCUT2D eigenvalue weighted by atomic mass is 16.5. The molecule has 0 fully saturated rings. The zero-order chi connectivity index (χ0) is 16.0. The molecule has 0 saturated heterocycles. The Balaban J connectivity index is 2.94. The molecule has 0 aliphatic carbocycles. The van der Waals surface area contributed by atoms with E-state index < -0.39 is 5.97 Å². The summed E-state index contributed by atoms with van der Waals surface area (Å²) in [5, 5.41) is 8.95. The monoisotopic (exact) mass is 293 g/mol. The van der Waals surface area contributed by atoms with Crippen LogP contribution >= 0.6 is 0 Å². The molecular weight excluding hydrogens is 270 g/mol. The molecule has 21 heavy (non-hydrogen) atoms. The normalized spacial score (nSPS) is 10.8. The van der Waals surface area contributed by atoms with E-state index in [0.29, 0.717) is 17.9 Å². The summed E-state index contributed by atoms with van der Waals surface area (Å²) in [4.78, 5) is 24.7. The van der Waals surface area contributed by atoms with Gasteiger partial charge in [0.15, 0.2) is 0 Å². The molecule has 0 aliphatic rings. The number of hydrogen-bond donors (Lipinski definition) is 1. The van der Waals surface area contributed by atoms with Gasteiger partial charge < -0.3 is 14.7 Å². The summed E-state index contributed by atoms with van der Waals surface area (Å²) in [7, 11) is 0. The predicted octanol–water partition coefficient (Wildman–Crippen LogP) is 2.66. The van der Waals surface area contributed by atoms with Crippen molar-refractivity contribution in [3.05, 3.63) is 29.8 Å². The minimum absolute atomic E-state index is 0.0149. The number of rotatable bonds is 7. The highest BCUT2D eigenvalue weighted by Crippen LogP contribution is 2.17. The molecule has 0 aromatic heterocycles. The van der Waals surface area contributed by atoms with Gasteiger partial charge in [0.1, 0.15) is 12.3 Å². The second kappa shape index (κ2) is 7.67. The molecule has 0 spiro atoms. The van der Waals surface area contributed by atoms with Crippen LogP contribution in [0.4, 0.5) is 0 Å². The molecule has 1 aromatic carbocycles. The van der Waals surface area contributed by atoms with E-state index >= 15 is 0 Å². The van der Waals surface area contributed by atoms with Crippen molar-refractivity contribution in [2.75, 3.05) is 13.1 Å². The van der Waals surface area contributed by atoms with Gasteiger partial charge in [-0.25, -0.2) is 0 Å². The van der Waals surface area contributed by atoms with Crippen LogP contribution in [0.15, 0.2) is 24.3 Å². The van der Waals surface area contributed by atoms with E-state index in [2.05, 4.69) is 0 Å². The van der Waals surface area contributed by atoms with Crippen molar-refractivity contribution in [2.45, 2.75) is 33.8 Å². The van der Waals surface area contributed by atoms with Crippen LogP contribution < -0.4 is 4.74 Å². The van der Waals surface area contributed by atoms with Crippen molar-refractivity contribution in [3.8, 4) is 5.75 Å². The fourth-order valence-electron chi connectivity index (χ4n) is 1.98. The van der Waals surface area contributed by atoms with Crippen LogP contribution in [-0.2, 0) is 4.79 Å². The van der Waals surface area contributed by atoms with Crippen LogP contribution in [-0.4, -0.2) is 41.1 Å². The third-order valence-corrected chi connectivity index (χ3v) is 2.65. The summed E-state index contributed by atoms with van der Waals surface area (Å²) in [5.74, 6) is -0.502. The number of carboxylic acids is 1. The summed E-state index contributed by atoms with van der Waals surface area (Å²) in [6.07, 6.45) is 0.0149. The van der Waals surface area contributed by atoms with Gasteiger partial charge in [-0.1, -0.05) is 19.9 Å². The van der Waals surface area contributed by atoms with Crippen LogP contribution in [0.2, 0.25) is 0 Å². The summed E-state index contributed by atoms with van der Waals surface area (Å²) < 4.78 is 5.56. The number of ether oxygens (including phenoxy) is 1. The van der Waals surface area contributed by atoms with E-state index in [4.69, 9.17) is 9.84 Å². The van der Waals surface area contributed by atoms with Crippen LogP contribution in [0.1, 0.15) is 38.1 Å². The molecule has 0 heterocycles. The van der Waals surface area contributed by atoms with Gasteiger partial charge in [-0.05, 0) is 38.0 Å². The first kappa shape index (κ1) is 17.0. The minimum atomic E-state index is -1.02. The van der Waals surface area contributed by atoms with Gasteiger partial charge in [0.25, 0.3) is 5.91 Å². The van der Waals surface area contributed by atoms with E-state index in [-0.39, 0.29) is 24.5 Å². The lowest BCUT2D eigenvalue weighted by Gasteiger charge is -2.23. The third kappa shape index (κ3) is 5.85. The van der Waals surface area contributed by atoms with E-state index in [1.807, 2.05) is 27.7 Å². The molecule has 0 unspecified atom stereocenters. The van der Waals surface area contributed by atoms with Gasteiger partial charge >= 0.3 is 5.97 Å². The molecule has 0 atom stereocenters. The van der Waals surface area contributed by atoms with Crippen LogP contribution in [0.3, 0.4) is 0 Å². The van der Waals surface area contributed by atoms with Crippen LogP contribution in [0.5, 0.6) is 5.75 Å². The number of benzene rings is 1. The fraction of sp³-hybridized carbons (Fsp3) is 0.500. The first-order valence-electron chi connectivity index (χ1n) is 7.07. The van der Waals surface area contributed by atoms with E-state index in [1.165, 1.54) is 4.90 Å². The molecule has 1 amide bonds. The SMILES string of the molecule is CC(C)CN(CC(=O)O)C(=O)c1cccc(OC(C)C)c1. The third-order valence-electron chi connectivity index (χ3n) is 2.65. The Labute approximate surface area is 125 Å². The second-order valence-electron chi connectivity index (χ2n) is 5.67. The Morgan fingerprint density at radius 1 is 1.24 bits per heavy atom. The summed E-state index contributed by atoms with van der Waals surface area (Å²) in [6.45, 7) is 7.81. The Bertz CT molecular complexity index is 497. The number of hydrogen-bond acceptors (Lipinski definition) is 3. The number of nitrogens with zero attached hydrogens (tertiary/aromatic N) is 1. The fourth-order valence-corrected chi connectivity index (χ4v) is 1.98. The maximum atomic E-state index is 12.5. The zero-order valence-corrected chi connectivity index (χ0v) is 13.0. The number of amides is 1. The van der Waals surface area contributed by atoms with Crippen molar-refractivity contribution in [3.63, 3.8) is 0 Å². The lowest BCUT2D eigenvalue weighted by molar-refractivity contribution is -0.137. The predicted molar refractivity (Wildman–Crippen MR) is 80.6 cm³/mol. The number of carboxylic acid groups (broad SMARTS) is 1. The van der Waals surface area contributed by atoms with Gasteiger partial charge in [-0.15, -0.1) is 0 Å². The van der Waals surface area contributed by atoms with Crippen molar-refractivity contribution >= 4 is 11.9 Å². The maximum Gasteiger partial charge on any atom is 0.323 e. The molecule has 1 aromatic rings. The molecule has 0 saturated carbocycles. The number of carbonyl (C=O) groups is 2. The maximum absolute atomic E-state index is 12.5. The molecule has 0 bridgehead atoms. The summed E-state index contributed by atoms with van der Waals surface area (Å²) in [5.41, 5.74) is 0.440. The highest BCUT2D eigenvalue weighted by Gasteiger charge is 2.20. The lowest BCUT2D eigenvalue weighted by atomic mass is 10.1. The molecule has 1 rings (SSSR count).